The molecule has 0 N–H and O–H groups in total. The predicted molar refractivity (Wildman–Crippen MR) is 254 cm³/mol. The standard InChI is InChI=1S/C59H41N3/c1-40-36-49(34-35-60-40)47-19-13-18-46(37-47)48-30-33-53-52-22-11-12-23-54(52)59(55(53)38-48,50-20-9-4-10-21-50)51-31-28-44(29-32-51)57-39-56(43-16-7-3-8-17-43)61-58(62-57)45-26-24-42(25-27-45)41-14-5-2-6-15-41/h2-39H,1H3. The molecule has 0 radical (unpaired) electrons. The van der Waals surface area contributed by atoms with Crippen LogP contribution in [0.4, 0.5) is 0 Å². The van der Waals surface area contributed by atoms with Crippen LogP contribution >= 0.6 is 0 Å². The van der Waals surface area contributed by atoms with E-state index >= 15 is 0 Å². The first-order chi connectivity index (χ1) is 30.6. The van der Waals surface area contributed by atoms with Gasteiger partial charge in [0.05, 0.1) is 16.8 Å². The second-order valence-corrected chi connectivity index (χ2v) is 16.0. The number of pyridine rings is 1. The minimum atomic E-state index is -0.561. The van der Waals surface area contributed by atoms with Gasteiger partial charge in [-0.1, -0.05) is 194 Å². The Kier molecular flexibility index (Phi) is 9.28. The van der Waals surface area contributed by atoms with Crippen LogP contribution in [0.15, 0.2) is 231 Å². The molecule has 2 aromatic heterocycles. The Labute approximate surface area is 362 Å². The molecular weight excluding hydrogens is 751 g/mol. The minimum Gasteiger partial charge on any atom is -0.262 e. The van der Waals surface area contributed by atoms with Crippen molar-refractivity contribution in [3.63, 3.8) is 0 Å². The Bertz CT molecular complexity index is 3210. The highest BCUT2D eigenvalue weighted by Gasteiger charge is 2.46. The van der Waals surface area contributed by atoms with E-state index in [0.717, 1.165) is 39.3 Å². The van der Waals surface area contributed by atoms with E-state index in [0.29, 0.717) is 5.82 Å². The van der Waals surface area contributed by atoms with Gasteiger partial charge in [0.25, 0.3) is 0 Å². The van der Waals surface area contributed by atoms with Crippen LogP contribution in [0.25, 0.3) is 78.4 Å². The van der Waals surface area contributed by atoms with Crippen molar-refractivity contribution in [2.45, 2.75) is 12.3 Å². The van der Waals surface area contributed by atoms with Crippen LogP contribution in [0.3, 0.4) is 0 Å². The fourth-order valence-electron chi connectivity index (χ4n) is 9.35. The van der Waals surface area contributed by atoms with E-state index in [1.807, 2.05) is 25.3 Å². The van der Waals surface area contributed by atoms with Crippen LogP contribution < -0.4 is 0 Å². The van der Waals surface area contributed by atoms with E-state index < -0.39 is 5.41 Å². The molecule has 10 aromatic rings. The number of benzene rings is 8. The third kappa shape index (κ3) is 6.52. The molecule has 3 heteroatoms. The van der Waals surface area contributed by atoms with E-state index in [-0.39, 0.29) is 0 Å². The third-order valence-electron chi connectivity index (χ3n) is 12.3. The first-order valence-electron chi connectivity index (χ1n) is 21.2. The van der Waals surface area contributed by atoms with Crippen molar-refractivity contribution >= 4 is 0 Å². The van der Waals surface area contributed by atoms with Crippen LogP contribution in [0.2, 0.25) is 0 Å². The van der Waals surface area contributed by atoms with Gasteiger partial charge in [0.1, 0.15) is 0 Å². The lowest BCUT2D eigenvalue weighted by Gasteiger charge is -2.34. The lowest BCUT2D eigenvalue weighted by atomic mass is 9.67. The molecular formula is C59H41N3. The summed E-state index contributed by atoms with van der Waals surface area (Å²) in [7, 11) is 0. The van der Waals surface area contributed by atoms with Gasteiger partial charge >= 0.3 is 0 Å². The van der Waals surface area contributed by atoms with E-state index in [9.17, 15) is 0 Å². The molecule has 11 rings (SSSR count). The number of aromatic nitrogens is 3. The van der Waals surface area contributed by atoms with Crippen LogP contribution in [0.5, 0.6) is 0 Å². The van der Waals surface area contributed by atoms with Gasteiger partial charge in [0, 0.05) is 28.6 Å². The summed E-state index contributed by atoms with van der Waals surface area (Å²) < 4.78 is 0. The average Bonchev–Trinajstić information content (AvgIpc) is 3.65. The number of rotatable bonds is 8. The van der Waals surface area contributed by atoms with Gasteiger partial charge in [0.2, 0.25) is 0 Å². The quantitative estimate of drug-likeness (QED) is 0.154. The minimum absolute atomic E-state index is 0.561. The van der Waals surface area contributed by atoms with Gasteiger partial charge in [-0.3, -0.25) is 4.98 Å². The van der Waals surface area contributed by atoms with Crippen molar-refractivity contribution in [1.82, 2.24) is 15.0 Å². The Morgan fingerprint density at radius 2 is 0.806 bits per heavy atom. The SMILES string of the molecule is Cc1cc(-c2cccc(-c3ccc4c(c3)C(c3ccccc3)(c3ccc(-c5cc(-c6ccccc6)nc(-c6ccc(-c7ccccc7)cc6)n5)cc3)c3ccccc3-4)c2)ccn1. The molecule has 1 aliphatic carbocycles. The Hall–Kier alpha value is -8.01. The molecule has 2 heterocycles. The normalized spacial score (nSPS) is 14.0. The zero-order valence-electron chi connectivity index (χ0n) is 34.3. The van der Waals surface area contributed by atoms with Gasteiger partial charge in [-0.25, -0.2) is 9.97 Å². The maximum absolute atomic E-state index is 5.24. The molecule has 292 valence electrons. The van der Waals surface area contributed by atoms with E-state index in [1.165, 1.54) is 61.2 Å². The molecule has 0 amide bonds. The zero-order valence-corrected chi connectivity index (χ0v) is 34.3. The van der Waals surface area contributed by atoms with E-state index in [4.69, 9.17) is 9.97 Å². The van der Waals surface area contributed by atoms with Gasteiger partial charge in [-0.2, -0.15) is 0 Å². The van der Waals surface area contributed by atoms with Gasteiger partial charge in [0.15, 0.2) is 5.82 Å². The first kappa shape index (κ1) is 37.0. The summed E-state index contributed by atoms with van der Waals surface area (Å²) in [5.41, 5.74) is 19.8. The van der Waals surface area contributed by atoms with E-state index in [2.05, 4.69) is 217 Å². The van der Waals surface area contributed by atoms with Crippen molar-refractivity contribution in [2.24, 2.45) is 0 Å². The number of fused-ring (bicyclic) bond motifs is 3. The molecule has 62 heavy (non-hydrogen) atoms. The first-order valence-corrected chi connectivity index (χ1v) is 21.2. The maximum atomic E-state index is 5.24. The summed E-state index contributed by atoms with van der Waals surface area (Å²) in [5, 5.41) is 0. The molecule has 8 aromatic carbocycles. The Balaban J connectivity index is 1.05. The lowest BCUT2D eigenvalue weighted by Crippen LogP contribution is -2.28. The molecule has 0 saturated heterocycles. The second-order valence-electron chi connectivity index (χ2n) is 16.0. The topological polar surface area (TPSA) is 38.7 Å². The van der Waals surface area contributed by atoms with Crippen molar-refractivity contribution in [3.8, 4) is 78.4 Å². The smallest absolute Gasteiger partial charge is 0.160 e. The van der Waals surface area contributed by atoms with Crippen LogP contribution in [0, 0.1) is 6.92 Å². The summed E-state index contributed by atoms with van der Waals surface area (Å²) in [5.74, 6) is 0.695. The van der Waals surface area contributed by atoms with Crippen LogP contribution in [-0.4, -0.2) is 15.0 Å². The summed E-state index contributed by atoms with van der Waals surface area (Å²) in [6.45, 7) is 2.04. The second kappa shape index (κ2) is 15.5. The van der Waals surface area contributed by atoms with Crippen LogP contribution in [-0.2, 0) is 5.41 Å². The zero-order chi connectivity index (χ0) is 41.5. The molecule has 0 bridgehead atoms. The monoisotopic (exact) mass is 791 g/mol. The molecule has 1 unspecified atom stereocenters. The maximum Gasteiger partial charge on any atom is 0.160 e. The van der Waals surface area contributed by atoms with Crippen molar-refractivity contribution in [3.05, 3.63) is 259 Å². The van der Waals surface area contributed by atoms with E-state index in [1.54, 1.807) is 0 Å². The van der Waals surface area contributed by atoms with Gasteiger partial charge in [-0.05, 0) is 104 Å². The molecule has 1 atom stereocenters. The van der Waals surface area contributed by atoms with Crippen LogP contribution in [0.1, 0.15) is 27.9 Å². The molecule has 0 spiro atoms. The molecule has 0 fully saturated rings. The third-order valence-corrected chi connectivity index (χ3v) is 12.3. The summed E-state index contributed by atoms with van der Waals surface area (Å²) in [6.07, 6.45) is 1.89. The molecule has 0 saturated carbocycles. The number of hydrogen-bond acceptors (Lipinski definition) is 3. The predicted octanol–water partition coefficient (Wildman–Crippen LogP) is 14.5. The highest BCUT2D eigenvalue weighted by Crippen LogP contribution is 2.57. The molecule has 0 aliphatic heterocycles. The Morgan fingerprint density at radius 3 is 1.50 bits per heavy atom. The van der Waals surface area contributed by atoms with Gasteiger partial charge in [-0.15, -0.1) is 0 Å². The summed E-state index contributed by atoms with van der Waals surface area (Å²) in [4.78, 5) is 14.8. The largest absolute Gasteiger partial charge is 0.262 e. The summed E-state index contributed by atoms with van der Waals surface area (Å²) in [6, 6.07) is 80.7. The molecule has 3 nitrogen and oxygen atoms in total. The van der Waals surface area contributed by atoms with Gasteiger partial charge < -0.3 is 0 Å². The molecule has 1 aliphatic rings. The lowest BCUT2D eigenvalue weighted by molar-refractivity contribution is 0.769. The highest BCUT2D eigenvalue weighted by molar-refractivity contribution is 5.89. The Morgan fingerprint density at radius 1 is 0.323 bits per heavy atom. The van der Waals surface area contributed by atoms with Crippen molar-refractivity contribution < 1.29 is 0 Å². The van der Waals surface area contributed by atoms with Crippen molar-refractivity contribution in [2.75, 3.05) is 0 Å². The fourth-order valence-corrected chi connectivity index (χ4v) is 9.35. The fraction of sp³-hybridized carbons (Fsp3) is 0.0339. The number of aryl methyl sites for hydroxylation is 1. The summed E-state index contributed by atoms with van der Waals surface area (Å²) >= 11 is 0. The highest BCUT2D eigenvalue weighted by atomic mass is 14.9. The number of nitrogens with zero attached hydrogens (tertiary/aromatic N) is 3. The van der Waals surface area contributed by atoms with Crippen molar-refractivity contribution in [1.29, 1.82) is 0 Å². The number of hydrogen-bond donors (Lipinski definition) is 0. The average molecular weight is 792 g/mol.